The molecule has 3 aromatic rings. The summed E-state index contributed by atoms with van der Waals surface area (Å²) in [5.41, 5.74) is 0.765. The number of ether oxygens (including phenoxy) is 1. The van der Waals surface area contributed by atoms with E-state index in [1.165, 1.54) is 16.9 Å². The largest absolute Gasteiger partial charge is 0.483 e. The van der Waals surface area contributed by atoms with Gasteiger partial charge in [-0.25, -0.2) is 9.37 Å². The first-order chi connectivity index (χ1) is 15.9. The van der Waals surface area contributed by atoms with Crippen molar-refractivity contribution in [3.63, 3.8) is 0 Å². The van der Waals surface area contributed by atoms with Gasteiger partial charge in [0.15, 0.2) is 5.82 Å². The molecule has 3 heterocycles. The quantitative estimate of drug-likeness (QED) is 0.470. The molecule has 4 rings (SSSR count). The Morgan fingerprint density at radius 1 is 1.42 bits per heavy atom. The van der Waals surface area contributed by atoms with Crippen molar-refractivity contribution in [3.05, 3.63) is 35.9 Å². The van der Waals surface area contributed by atoms with Crippen LogP contribution in [-0.2, 0) is 11.8 Å². The first-order valence-corrected chi connectivity index (χ1v) is 10.3. The third-order valence-corrected chi connectivity index (χ3v) is 5.08. The second kappa shape index (κ2) is 10.7. The molecule has 0 unspecified atom stereocenters. The van der Waals surface area contributed by atoms with Crippen molar-refractivity contribution in [2.75, 3.05) is 37.0 Å². The van der Waals surface area contributed by atoms with Crippen molar-refractivity contribution in [3.8, 4) is 5.88 Å². The zero-order valence-electron chi connectivity index (χ0n) is 18.6. The van der Waals surface area contributed by atoms with E-state index in [0.717, 1.165) is 19.5 Å². The van der Waals surface area contributed by atoms with Gasteiger partial charge in [0.25, 0.3) is 12.4 Å². The zero-order chi connectivity index (χ0) is 24.0. The molecule has 3 N–H and O–H groups in total. The Labute approximate surface area is 189 Å². The second-order valence-corrected chi connectivity index (χ2v) is 7.30. The van der Waals surface area contributed by atoms with E-state index < -0.39 is 11.7 Å². The summed E-state index contributed by atoms with van der Waals surface area (Å²) >= 11 is 0. The van der Waals surface area contributed by atoms with E-state index in [4.69, 9.17) is 14.6 Å². The standard InChI is InChI=1S/C20H24FN7O2.CH2O2/c1-4-30-19-15(9-23-20(25-19)28-6-5-13(11-28)22-2)18(29)24-14-7-12-10-27(3)26-17(12)16(21)8-14;2-1-3/h7-10,13,22H,4-6,11H2,1-3H3,(H,24,29);1H,(H,2,3)/t13-;/m1./s1. The second-order valence-electron chi connectivity index (χ2n) is 7.30. The van der Waals surface area contributed by atoms with E-state index >= 15 is 0 Å². The Bertz CT molecular complexity index is 1140. The lowest BCUT2D eigenvalue weighted by Gasteiger charge is -2.18. The van der Waals surface area contributed by atoms with Crippen LogP contribution in [0, 0.1) is 5.82 Å². The van der Waals surface area contributed by atoms with E-state index in [2.05, 4.69) is 30.6 Å². The third-order valence-electron chi connectivity index (χ3n) is 5.08. The summed E-state index contributed by atoms with van der Waals surface area (Å²) in [7, 11) is 3.64. The maximum Gasteiger partial charge on any atom is 0.290 e. The fourth-order valence-electron chi connectivity index (χ4n) is 3.57. The van der Waals surface area contributed by atoms with Crippen LogP contribution in [0.5, 0.6) is 5.88 Å². The van der Waals surface area contributed by atoms with Gasteiger partial charge in [-0.1, -0.05) is 0 Å². The summed E-state index contributed by atoms with van der Waals surface area (Å²) in [6.45, 7) is 3.54. The van der Waals surface area contributed by atoms with E-state index in [-0.39, 0.29) is 23.4 Å². The van der Waals surface area contributed by atoms with E-state index in [1.807, 2.05) is 14.0 Å². The van der Waals surface area contributed by atoms with Gasteiger partial charge in [0, 0.05) is 49.6 Å². The molecule has 12 heteroatoms. The predicted octanol–water partition coefficient (Wildman–Crippen LogP) is 1.65. The van der Waals surface area contributed by atoms with Gasteiger partial charge in [-0.2, -0.15) is 10.1 Å². The molecule has 176 valence electrons. The number of nitrogens with one attached hydrogen (secondary N) is 2. The number of benzene rings is 1. The normalized spacial score (nSPS) is 15.2. The molecule has 0 saturated carbocycles. The van der Waals surface area contributed by atoms with Crippen molar-refractivity contribution in [2.45, 2.75) is 19.4 Å². The lowest BCUT2D eigenvalue weighted by molar-refractivity contribution is -0.122. The Hall–Kier alpha value is -3.80. The lowest BCUT2D eigenvalue weighted by atomic mass is 10.2. The molecule has 11 nitrogen and oxygen atoms in total. The molecule has 1 aromatic carbocycles. The highest BCUT2D eigenvalue weighted by Gasteiger charge is 2.25. The summed E-state index contributed by atoms with van der Waals surface area (Å²) in [4.78, 5) is 32.1. The highest BCUT2D eigenvalue weighted by atomic mass is 19.1. The summed E-state index contributed by atoms with van der Waals surface area (Å²) in [5, 5.41) is 17.5. The van der Waals surface area contributed by atoms with Crippen LogP contribution in [-0.4, -0.2) is 70.0 Å². The van der Waals surface area contributed by atoms with Crippen molar-refractivity contribution in [1.29, 1.82) is 0 Å². The van der Waals surface area contributed by atoms with Gasteiger partial charge < -0.3 is 25.4 Å². The number of fused-ring (bicyclic) bond motifs is 1. The van der Waals surface area contributed by atoms with E-state index in [1.54, 1.807) is 19.3 Å². The molecule has 1 aliphatic heterocycles. The average Bonchev–Trinajstić information content (AvgIpc) is 3.41. The Balaban J connectivity index is 0.000000968. The molecule has 0 radical (unpaired) electrons. The minimum atomic E-state index is -0.506. The topological polar surface area (TPSA) is 134 Å². The number of carbonyl (C=O) groups excluding carboxylic acids is 1. The number of amides is 1. The summed E-state index contributed by atoms with van der Waals surface area (Å²) < 4.78 is 21.4. The van der Waals surface area contributed by atoms with Crippen LogP contribution < -0.4 is 20.3 Å². The number of aromatic nitrogens is 4. The number of nitrogens with zero attached hydrogens (tertiary/aromatic N) is 5. The highest BCUT2D eigenvalue weighted by molar-refractivity contribution is 6.06. The van der Waals surface area contributed by atoms with Gasteiger partial charge >= 0.3 is 0 Å². The van der Waals surface area contributed by atoms with Crippen LogP contribution >= 0.6 is 0 Å². The first-order valence-electron chi connectivity index (χ1n) is 10.3. The summed E-state index contributed by atoms with van der Waals surface area (Å²) in [6, 6.07) is 3.29. The number of aryl methyl sites for hydroxylation is 1. The van der Waals surface area contributed by atoms with Crippen LogP contribution in [0.15, 0.2) is 24.5 Å². The SMILES string of the molecule is CCOc1nc(N2CC[C@@H](NC)C2)ncc1C(=O)Nc1cc(F)c2nn(C)cc2c1.O=CO. The molecular weight excluding hydrogens is 433 g/mol. The van der Waals surface area contributed by atoms with E-state index in [0.29, 0.717) is 29.7 Å². The van der Waals surface area contributed by atoms with Crippen molar-refractivity contribution >= 4 is 34.9 Å². The van der Waals surface area contributed by atoms with Crippen LogP contribution in [0.3, 0.4) is 0 Å². The lowest BCUT2D eigenvalue weighted by Crippen LogP contribution is -2.30. The molecule has 1 saturated heterocycles. The monoisotopic (exact) mass is 459 g/mol. The fraction of sp³-hybridized carbons (Fsp3) is 0.381. The highest BCUT2D eigenvalue weighted by Crippen LogP contribution is 2.25. The van der Waals surface area contributed by atoms with Crippen LogP contribution in [0.1, 0.15) is 23.7 Å². The van der Waals surface area contributed by atoms with Crippen LogP contribution in [0.25, 0.3) is 10.9 Å². The van der Waals surface area contributed by atoms with Gasteiger partial charge in [-0.3, -0.25) is 14.3 Å². The van der Waals surface area contributed by atoms with Crippen molar-refractivity contribution < 1.29 is 23.8 Å². The van der Waals surface area contributed by atoms with Crippen LogP contribution in [0.2, 0.25) is 0 Å². The molecule has 1 atom stereocenters. The molecule has 0 bridgehead atoms. The van der Waals surface area contributed by atoms with Gasteiger partial charge in [0.2, 0.25) is 11.8 Å². The van der Waals surface area contributed by atoms with Gasteiger partial charge in [-0.15, -0.1) is 0 Å². The summed E-state index contributed by atoms with van der Waals surface area (Å²) in [6.07, 6.45) is 4.13. The smallest absolute Gasteiger partial charge is 0.290 e. The van der Waals surface area contributed by atoms with Gasteiger partial charge in [-0.05, 0) is 32.5 Å². The van der Waals surface area contributed by atoms with Crippen LogP contribution in [0.4, 0.5) is 16.0 Å². The Morgan fingerprint density at radius 3 is 2.85 bits per heavy atom. The minimum absolute atomic E-state index is 0.191. The molecule has 0 spiro atoms. The number of likely N-dealkylation sites (N-methyl/N-ethyl adjacent to an activating group) is 1. The number of hydrogen-bond acceptors (Lipinski definition) is 8. The summed E-state index contributed by atoms with van der Waals surface area (Å²) in [5.74, 6) is -0.248. The minimum Gasteiger partial charge on any atom is -0.483 e. The number of rotatable bonds is 6. The molecule has 2 aromatic heterocycles. The number of carboxylic acid groups (broad SMARTS) is 1. The molecule has 0 aliphatic carbocycles. The number of carbonyl (C=O) groups is 2. The van der Waals surface area contributed by atoms with Crippen molar-refractivity contribution in [2.24, 2.45) is 7.05 Å². The van der Waals surface area contributed by atoms with Gasteiger partial charge in [0.05, 0.1) is 6.61 Å². The molecule has 1 amide bonds. The molecule has 33 heavy (non-hydrogen) atoms. The van der Waals surface area contributed by atoms with Crippen molar-refractivity contribution in [1.82, 2.24) is 25.1 Å². The Kier molecular flexibility index (Phi) is 7.72. The molecule has 1 aliphatic rings. The first kappa shape index (κ1) is 23.9. The maximum absolute atomic E-state index is 14.3. The molecular formula is C21H26FN7O4. The maximum atomic E-state index is 14.3. The average molecular weight is 459 g/mol. The fourth-order valence-corrected chi connectivity index (χ4v) is 3.57. The van der Waals surface area contributed by atoms with E-state index in [9.17, 15) is 9.18 Å². The van der Waals surface area contributed by atoms with Gasteiger partial charge in [0.1, 0.15) is 11.1 Å². The number of anilines is 2. The zero-order valence-corrected chi connectivity index (χ0v) is 18.6. The predicted molar refractivity (Wildman–Crippen MR) is 120 cm³/mol. The number of halogens is 1. The molecule has 1 fully saturated rings. The Morgan fingerprint density at radius 2 is 2.18 bits per heavy atom. The third kappa shape index (κ3) is 5.52. The number of hydrogen-bond donors (Lipinski definition) is 3.